The maximum atomic E-state index is 12.6. The summed E-state index contributed by atoms with van der Waals surface area (Å²) in [6.07, 6.45) is 16.3. The van der Waals surface area contributed by atoms with E-state index in [0.717, 1.165) is 44.9 Å². The minimum absolute atomic E-state index is 0.0901. The van der Waals surface area contributed by atoms with Gasteiger partial charge in [-0.3, -0.25) is 4.90 Å². The third kappa shape index (κ3) is 8.65. The molecular weight excluding hydrogens is 390 g/mol. The number of amides is 1. The number of cyclic esters (lactones) is 1. The number of ether oxygens (including phenoxy) is 2. The summed E-state index contributed by atoms with van der Waals surface area (Å²) in [6, 6.07) is 0.0534. The van der Waals surface area contributed by atoms with Crippen molar-refractivity contribution in [3.8, 4) is 11.8 Å². The van der Waals surface area contributed by atoms with Crippen LogP contribution in [0.2, 0.25) is 0 Å². The van der Waals surface area contributed by atoms with Crippen LogP contribution in [0.25, 0.3) is 0 Å². The van der Waals surface area contributed by atoms with E-state index < -0.39 is 5.60 Å². The van der Waals surface area contributed by atoms with Gasteiger partial charge in [0.05, 0.1) is 11.6 Å². The number of hydrogen-bond acceptors (Lipinski definition) is 4. The van der Waals surface area contributed by atoms with E-state index in [1.165, 1.54) is 0 Å². The second-order valence-corrected chi connectivity index (χ2v) is 9.29. The topological polar surface area (TPSA) is 55.8 Å². The van der Waals surface area contributed by atoms with Crippen LogP contribution in [0.3, 0.4) is 0 Å². The van der Waals surface area contributed by atoms with E-state index in [1.54, 1.807) is 4.90 Å². The number of carbonyl (C=O) groups excluding carboxylic acids is 2. The molecule has 170 valence electrons. The van der Waals surface area contributed by atoms with Crippen molar-refractivity contribution in [1.82, 2.24) is 4.90 Å². The zero-order valence-electron chi connectivity index (χ0n) is 19.6. The van der Waals surface area contributed by atoms with Crippen molar-refractivity contribution < 1.29 is 19.1 Å². The second-order valence-electron chi connectivity index (χ2n) is 9.29. The van der Waals surface area contributed by atoms with Crippen molar-refractivity contribution >= 4 is 12.1 Å². The van der Waals surface area contributed by atoms with Crippen molar-refractivity contribution in [1.29, 1.82) is 0 Å². The van der Waals surface area contributed by atoms with Gasteiger partial charge in [0.1, 0.15) is 11.7 Å². The molecule has 31 heavy (non-hydrogen) atoms. The highest BCUT2D eigenvalue weighted by Crippen LogP contribution is 2.25. The third-order valence-electron chi connectivity index (χ3n) is 5.20. The number of esters is 1. The highest BCUT2D eigenvalue weighted by molar-refractivity contribution is 5.93. The Balaban J connectivity index is 1.73. The normalized spacial score (nSPS) is 24.2. The van der Waals surface area contributed by atoms with Crippen LogP contribution in [0, 0.1) is 11.8 Å². The summed E-state index contributed by atoms with van der Waals surface area (Å²) in [4.78, 5) is 25.9. The molecular formula is C26H37NO4. The summed E-state index contributed by atoms with van der Waals surface area (Å²) in [6.45, 7) is 9.59. The number of nitrogens with zero attached hydrogens (tertiary/aromatic N) is 1. The minimum atomic E-state index is -0.503. The standard InChI is InChI=1S/C26H37NO4/c1-20-15-14-18-23(27(20)25(29)31-26(3,4)5)17-13-11-9-7-6-8-10-12-16-22-19-21(2)30-24(22)28/h9,11-12,16,19-21,23H,6-8,10,14-15,18H2,1-5H3/b11-9+,16-12+/t20-,21-,23?/m0/s1. The fraction of sp³-hybridized carbons (Fsp3) is 0.615. The van der Waals surface area contributed by atoms with E-state index in [1.807, 2.05) is 52.0 Å². The van der Waals surface area contributed by atoms with E-state index in [-0.39, 0.29) is 30.3 Å². The van der Waals surface area contributed by atoms with Gasteiger partial charge in [-0.25, -0.2) is 9.59 Å². The summed E-state index contributed by atoms with van der Waals surface area (Å²) in [5.41, 5.74) is 0.150. The van der Waals surface area contributed by atoms with E-state index >= 15 is 0 Å². The second kappa shape index (κ2) is 11.8. The molecule has 0 saturated carbocycles. The SMILES string of the molecule is C[C@H]1C=C(/C=C/CCCC/C=C/C#CC2CCC[C@H](C)N2C(=O)OC(C)(C)C)C(=O)O1. The van der Waals surface area contributed by atoms with Crippen molar-refractivity contribution in [2.75, 3.05) is 0 Å². The Bertz CT molecular complexity index is 775. The summed E-state index contributed by atoms with van der Waals surface area (Å²) in [5, 5.41) is 0. The molecule has 1 saturated heterocycles. The molecule has 1 unspecified atom stereocenters. The van der Waals surface area contributed by atoms with Gasteiger partial charge in [-0.15, -0.1) is 0 Å². The molecule has 5 heteroatoms. The number of likely N-dealkylation sites (tertiary alicyclic amines) is 1. The number of piperidine rings is 1. The Kier molecular flexibility index (Phi) is 9.43. The summed E-state index contributed by atoms with van der Waals surface area (Å²) in [7, 11) is 0. The van der Waals surface area contributed by atoms with Gasteiger partial charge in [-0.2, -0.15) is 0 Å². The molecule has 5 nitrogen and oxygen atoms in total. The molecule has 0 aromatic carbocycles. The summed E-state index contributed by atoms with van der Waals surface area (Å²) < 4.78 is 10.6. The molecule has 1 fully saturated rings. The molecule has 0 bridgehead atoms. The van der Waals surface area contributed by atoms with Gasteiger partial charge >= 0.3 is 12.1 Å². The average Bonchev–Trinajstić information content (AvgIpc) is 2.98. The lowest BCUT2D eigenvalue weighted by molar-refractivity contribution is -0.138. The highest BCUT2D eigenvalue weighted by atomic mass is 16.6. The predicted octanol–water partition coefficient (Wildman–Crippen LogP) is 5.71. The smallest absolute Gasteiger partial charge is 0.411 e. The van der Waals surface area contributed by atoms with E-state index in [9.17, 15) is 9.59 Å². The van der Waals surface area contributed by atoms with Crippen LogP contribution in [-0.2, 0) is 14.3 Å². The van der Waals surface area contributed by atoms with Gasteiger partial charge in [0.15, 0.2) is 0 Å². The first kappa shape index (κ1) is 24.8. The van der Waals surface area contributed by atoms with E-state index in [4.69, 9.17) is 9.47 Å². The fourth-order valence-corrected chi connectivity index (χ4v) is 3.69. The number of unbranched alkanes of at least 4 members (excludes halogenated alkanes) is 3. The zero-order chi connectivity index (χ0) is 22.9. The average molecular weight is 428 g/mol. The van der Waals surface area contributed by atoms with E-state index in [0.29, 0.717) is 5.57 Å². The Morgan fingerprint density at radius 2 is 1.94 bits per heavy atom. The molecule has 0 N–H and O–H groups in total. The van der Waals surface area contributed by atoms with Crippen molar-refractivity contribution in [3.05, 3.63) is 36.0 Å². The largest absolute Gasteiger partial charge is 0.455 e. The summed E-state index contributed by atoms with van der Waals surface area (Å²) in [5.74, 6) is 6.13. The van der Waals surface area contributed by atoms with Crippen LogP contribution in [-0.4, -0.2) is 40.8 Å². The quantitative estimate of drug-likeness (QED) is 0.309. The molecule has 0 aromatic heterocycles. The Morgan fingerprint density at radius 1 is 1.23 bits per heavy atom. The van der Waals surface area contributed by atoms with Crippen molar-refractivity contribution in [3.63, 3.8) is 0 Å². The van der Waals surface area contributed by atoms with Gasteiger partial charge in [0.25, 0.3) is 0 Å². The molecule has 2 aliphatic heterocycles. The molecule has 0 spiro atoms. The maximum Gasteiger partial charge on any atom is 0.411 e. The van der Waals surface area contributed by atoms with Crippen LogP contribution >= 0.6 is 0 Å². The lowest BCUT2D eigenvalue weighted by Gasteiger charge is -2.38. The van der Waals surface area contributed by atoms with Crippen LogP contribution in [0.15, 0.2) is 36.0 Å². The van der Waals surface area contributed by atoms with Crippen LogP contribution < -0.4 is 0 Å². The Labute approximate surface area is 187 Å². The first-order valence-corrected chi connectivity index (χ1v) is 11.4. The van der Waals surface area contributed by atoms with Crippen molar-refractivity contribution in [2.24, 2.45) is 0 Å². The maximum absolute atomic E-state index is 12.6. The molecule has 0 aliphatic carbocycles. The minimum Gasteiger partial charge on any atom is -0.455 e. The molecule has 0 aromatic rings. The summed E-state index contributed by atoms with van der Waals surface area (Å²) >= 11 is 0. The van der Waals surface area contributed by atoms with E-state index in [2.05, 4.69) is 24.8 Å². The Morgan fingerprint density at radius 3 is 2.58 bits per heavy atom. The first-order chi connectivity index (χ1) is 14.7. The highest BCUT2D eigenvalue weighted by Gasteiger charge is 2.33. The molecule has 0 radical (unpaired) electrons. The Hall–Kier alpha value is -2.48. The van der Waals surface area contributed by atoms with Gasteiger partial charge in [0.2, 0.25) is 0 Å². The van der Waals surface area contributed by atoms with Crippen LogP contribution in [0.5, 0.6) is 0 Å². The van der Waals surface area contributed by atoms with Crippen molar-refractivity contribution in [2.45, 2.75) is 103 Å². The lowest BCUT2D eigenvalue weighted by Crippen LogP contribution is -2.50. The van der Waals surface area contributed by atoms with Gasteiger partial charge in [-0.1, -0.05) is 30.1 Å². The first-order valence-electron chi connectivity index (χ1n) is 11.4. The molecule has 2 aliphatic rings. The van der Waals surface area contributed by atoms with Gasteiger partial charge in [0, 0.05) is 6.04 Å². The third-order valence-corrected chi connectivity index (χ3v) is 5.20. The monoisotopic (exact) mass is 427 g/mol. The van der Waals surface area contributed by atoms with Gasteiger partial charge < -0.3 is 9.47 Å². The molecule has 1 amide bonds. The zero-order valence-corrected chi connectivity index (χ0v) is 19.6. The number of hydrogen-bond donors (Lipinski definition) is 0. The number of rotatable bonds is 6. The van der Waals surface area contributed by atoms with Gasteiger partial charge in [-0.05, 0) is 91.7 Å². The van der Waals surface area contributed by atoms with Crippen LogP contribution in [0.4, 0.5) is 4.79 Å². The predicted molar refractivity (Wildman–Crippen MR) is 123 cm³/mol. The lowest BCUT2D eigenvalue weighted by atomic mass is 9.97. The van der Waals surface area contributed by atoms with Crippen LogP contribution in [0.1, 0.15) is 79.6 Å². The molecule has 3 atom stereocenters. The molecule has 2 heterocycles. The number of allylic oxidation sites excluding steroid dienone is 3. The molecule has 2 rings (SSSR count). The fourth-order valence-electron chi connectivity index (χ4n) is 3.69. The number of carbonyl (C=O) groups is 2.